The van der Waals surface area contributed by atoms with Gasteiger partial charge in [0.2, 0.25) is 5.76 Å². The largest absolute Gasteiger partial charge is 0.475 e. The number of rotatable bonds is 2. The Balaban J connectivity index is 2.46. The Kier molecular flexibility index (Phi) is 2.74. The standard InChI is InChI=1S/C10H5BrFNO3/c11-7-3-5(12)1-2-6(7)8-4-9(10(14)15)16-13-8/h1-4H,(H,14,15). The first-order chi connectivity index (χ1) is 7.58. The minimum Gasteiger partial charge on any atom is -0.475 e. The molecule has 6 heteroatoms. The molecule has 0 saturated heterocycles. The smallest absolute Gasteiger partial charge is 0.374 e. The van der Waals surface area contributed by atoms with Gasteiger partial charge in [0, 0.05) is 16.1 Å². The molecule has 0 unspecified atom stereocenters. The number of halogens is 2. The highest BCUT2D eigenvalue weighted by molar-refractivity contribution is 9.10. The number of carboxylic acids is 1. The highest BCUT2D eigenvalue weighted by atomic mass is 79.9. The molecule has 1 heterocycles. The number of carboxylic acid groups (broad SMARTS) is 1. The Labute approximate surface area is 97.8 Å². The fourth-order valence-corrected chi connectivity index (χ4v) is 1.75. The van der Waals surface area contributed by atoms with E-state index >= 15 is 0 Å². The minimum absolute atomic E-state index is 0.258. The maximum atomic E-state index is 12.8. The lowest BCUT2D eigenvalue weighted by Gasteiger charge is -1.98. The van der Waals surface area contributed by atoms with Crippen molar-refractivity contribution in [2.45, 2.75) is 0 Å². The SMILES string of the molecule is O=C(O)c1cc(-c2ccc(F)cc2Br)no1. The second-order valence-electron chi connectivity index (χ2n) is 3.01. The maximum absolute atomic E-state index is 12.8. The van der Waals surface area contributed by atoms with E-state index in [9.17, 15) is 9.18 Å². The number of aromatic nitrogens is 1. The average molecular weight is 286 g/mol. The average Bonchev–Trinajstić information content (AvgIpc) is 2.66. The van der Waals surface area contributed by atoms with E-state index in [0.717, 1.165) is 0 Å². The number of benzene rings is 1. The molecule has 1 aromatic heterocycles. The van der Waals surface area contributed by atoms with E-state index in [-0.39, 0.29) is 5.76 Å². The van der Waals surface area contributed by atoms with E-state index in [1.807, 2.05) is 0 Å². The highest BCUT2D eigenvalue weighted by Crippen LogP contribution is 2.28. The van der Waals surface area contributed by atoms with Gasteiger partial charge >= 0.3 is 5.97 Å². The molecule has 0 bridgehead atoms. The van der Waals surface area contributed by atoms with Crippen LogP contribution in [0, 0.1) is 5.82 Å². The minimum atomic E-state index is -1.20. The lowest BCUT2D eigenvalue weighted by molar-refractivity contribution is 0.0652. The van der Waals surface area contributed by atoms with Crippen molar-refractivity contribution in [1.29, 1.82) is 0 Å². The summed E-state index contributed by atoms with van der Waals surface area (Å²) in [5.41, 5.74) is 0.905. The second-order valence-corrected chi connectivity index (χ2v) is 3.86. The Morgan fingerprint density at radius 2 is 2.19 bits per heavy atom. The number of hydrogen-bond acceptors (Lipinski definition) is 3. The third kappa shape index (κ3) is 1.96. The van der Waals surface area contributed by atoms with Crippen LogP contribution in [0.3, 0.4) is 0 Å². The van der Waals surface area contributed by atoms with Crippen LogP contribution in [0.5, 0.6) is 0 Å². The molecule has 0 radical (unpaired) electrons. The van der Waals surface area contributed by atoms with Gasteiger partial charge in [-0.15, -0.1) is 0 Å². The van der Waals surface area contributed by atoms with Gasteiger partial charge in [0.1, 0.15) is 11.5 Å². The molecule has 0 spiro atoms. The van der Waals surface area contributed by atoms with Crippen molar-refractivity contribution in [1.82, 2.24) is 5.16 Å². The summed E-state index contributed by atoms with van der Waals surface area (Å²) in [5, 5.41) is 12.2. The number of aromatic carboxylic acids is 1. The summed E-state index contributed by atoms with van der Waals surface area (Å²) in [7, 11) is 0. The van der Waals surface area contributed by atoms with Crippen LogP contribution in [0.1, 0.15) is 10.6 Å². The fourth-order valence-electron chi connectivity index (χ4n) is 1.20. The number of nitrogens with zero attached hydrogens (tertiary/aromatic N) is 1. The molecule has 0 fully saturated rings. The van der Waals surface area contributed by atoms with Crippen molar-refractivity contribution < 1.29 is 18.8 Å². The lowest BCUT2D eigenvalue weighted by atomic mass is 10.1. The van der Waals surface area contributed by atoms with Gasteiger partial charge in [-0.1, -0.05) is 5.16 Å². The van der Waals surface area contributed by atoms with E-state index < -0.39 is 11.8 Å². The van der Waals surface area contributed by atoms with Gasteiger partial charge in [-0.05, 0) is 34.1 Å². The predicted molar refractivity (Wildman–Crippen MR) is 56.6 cm³/mol. The normalized spacial score (nSPS) is 10.4. The zero-order valence-corrected chi connectivity index (χ0v) is 9.36. The highest BCUT2D eigenvalue weighted by Gasteiger charge is 2.14. The summed E-state index contributed by atoms with van der Waals surface area (Å²) in [5.74, 6) is -1.85. The number of hydrogen-bond donors (Lipinski definition) is 1. The van der Waals surface area contributed by atoms with Crippen LogP contribution in [-0.4, -0.2) is 16.2 Å². The molecule has 0 aliphatic rings. The van der Waals surface area contributed by atoms with Crippen LogP contribution in [0.4, 0.5) is 4.39 Å². The molecule has 0 atom stereocenters. The number of carbonyl (C=O) groups is 1. The molecule has 0 saturated carbocycles. The van der Waals surface area contributed by atoms with Crippen LogP contribution in [-0.2, 0) is 0 Å². The molecule has 0 aliphatic heterocycles. The van der Waals surface area contributed by atoms with Crippen molar-refractivity contribution in [2.75, 3.05) is 0 Å². The van der Waals surface area contributed by atoms with Crippen molar-refractivity contribution in [2.24, 2.45) is 0 Å². The van der Waals surface area contributed by atoms with E-state index in [0.29, 0.717) is 15.7 Å². The quantitative estimate of drug-likeness (QED) is 0.921. The first-order valence-electron chi connectivity index (χ1n) is 4.23. The molecule has 2 rings (SSSR count). The molecular formula is C10H5BrFNO3. The molecule has 16 heavy (non-hydrogen) atoms. The third-order valence-corrected chi connectivity index (χ3v) is 2.58. The summed E-state index contributed by atoms with van der Waals surface area (Å²) in [6.45, 7) is 0. The Bertz CT molecular complexity index is 553. The van der Waals surface area contributed by atoms with Crippen LogP contribution in [0.25, 0.3) is 11.3 Å². The summed E-state index contributed by atoms with van der Waals surface area (Å²) in [6, 6.07) is 5.29. The predicted octanol–water partition coefficient (Wildman–Crippen LogP) is 2.94. The van der Waals surface area contributed by atoms with E-state index in [2.05, 4.69) is 25.6 Å². The topological polar surface area (TPSA) is 63.3 Å². The Morgan fingerprint density at radius 3 is 2.75 bits per heavy atom. The first kappa shape index (κ1) is 10.8. The van der Waals surface area contributed by atoms with Gasteiger partial charge in [-0.3, -0.25) is 0 Å². The zero-order valence-electron chi connectivity index (χ0n) is 7.78. The van der Waals surface area contributed by atoms with Gasteiger partial charge in [-0.2, -0.15) is 0 Å². The van der Waals surface area contributed by atoms with Gasteiger partial charge in [0.15, 0.2) is 0 Å². The summed E-state index contributed by atoms with van der Waals surface area (Å²) < 4.78 is 17.9. The molecule has 0 amide bonds. The van der Waals surface area contributed by atoms with E-state index in [1.54, 1.807) is 0 Å². The van der Waals surface area contributed by atoms with Crippen LogP contribution >= 0.6 is 15.9 Å². The maximum Gasteiger partial charge on any atom is 0.374 e. The lowest BCUT2D eigenvalue weighted by Crippen LogP contribution is -1.91. The molecular weight excluding hydrogens is 281 g/mol. The van der Waals surface area contributed by atoms with Gasteiger partial charge < -0.3 is 9.63 Å². The summed E-state index contributed by atoms with van der Waals surface area (Å²) >= 11 is 3.16. The molecule has 1 aromatic carbocycles. The third-order valence-electron chi connectivity index (χ3n) is 1.93. The Morgan fingerprint density at radius 1 is 1.44 bits per heavy atom. The summed E-state index contributed by atoms with van der Waals surface area (Å²) in [4.78, 5) is 10.6. The van der Waals surface area contributed by atoms with Crippen molar-refractivity contribution in [3.63, 3.8) is 0 Å². The van der Waals surface area contributed by atoms with E-state index in [4.69, 9.17) is 5.11 Å². The van der Waals surface area contributed by atoms with Crippen LogP contribution in [0.2, 0.25) is 0 Å². The van der Waals surface area contributed by atoms with Gasteiger partial charge in [0.25, 0.3) is 0 Å². The zero-order chi connectivity index (χ0) is 11.7. The van der Waals surface area contributed by atoms with Gasteiger partial charge in [0.05, 0.1) is 0 Å². The van der Waals surface area contributed by atoms with Crippen molar-refractivity contribution >= 4 is 21.9 Å². The molecule has 1 N–H and O–H groups in total. The van der Waals surface area contributed by atoms with Crippen molar-refractivity contribution in [3.8, 4) is 11.3 Å². The first-order valence-corrected chi connectivity index (χ1v) is 5.02. The molecule has 82 valence electrons. The molecule has 0 aliphatic carbocycles. The summed E-state index contributed by atoms with van der Waals surface area (Å²) in [6.07, 6.45) is 0. The second kappa shape index (κ2) is 4.05. The Hall–Kier alpha value is -1.69. The van der Waals surface area contributed by atoms with Crippen molar-refractivity contribution in [3.05, 3.63) is 40.3 Å². The van der Waals surface area contributed by atoms with Gasteiger partial charge in [-0.25, -0.2) is 9.18 Å². The monoisotopic (exact) mass is 285 g/mol. The fraction of sp³-hybridized carbons (Fsp3) is 0. The van der Waals surface area contributed by atoms with Crippen LogP contribution < -0.4 is 0 Å². The molecule has 4 nitrogen and oxygen atoms in total. The van der Waals surface area contributed by atoms with E-state index in [1.165, 1.54) is 24.3 Å². The molecule has 2 aromatic rings. The van der Waals surface area contributed by atoms with Crippen LogP contribution in [0.15, 0.2) is 33.3 Å².